The maximum Gasteiger partial charge on any atom is 0.312 e. The molecule has 4 rings (SSSR count). The Hall–Kier alpha value is -2.76. The largest absolute Gasteiger partial charge is 0.481 e. The van der Waals surface area contributed by atoms with Crippen LogP contribution in [-0.2, 0) is 9.59 Å². The fraction of sp³-hybridized carbons (Fsp3) is 0.263. The topological polar surface area (TPSA) is 57.6 Å². The number of benzene rings is 2. The van der Waals surface area contributed by atoms with Crippen LogP contribution in [0.3, 0.4) is 0 Å². The Bertz CT molecular complexity index is 862. The Balaban J connectivity index is 1.60. The predicted molar refractivity (Wildman–Crippen MR) is 86.4 cm³/mol. The van der Waals surface area contributed by atoms with Gasteiger partial charge in [0.15, 0.2) is 0 Å². The number of hydrogen-bond donors (Lipinski definition) is 1. The molecule has 1 amide bonds. The number of carbonyl (C=O) groups is 2. The van der Waals surface area contributed by atoms with Crippen LogP contribution in [0.4, 0.5) is 14.5 Å². The fourth-order valence-electron chi connectivity index (χ4n) is 3.68. The Labute approximate surface area is 142 Å². The summed E-state index contributed by atoms with van der Waals surface area (Å²) in [6.07, 6.45) is 0.368. The van der Waals surface area contributed by atoms with Crippen molar-refractivity contribution in [3.8, 4) is 0 Å². The fourth-order valence-corrected chi connectivity index (χ4v) is 3.68. The van der Waals surface area contributed by atoms with E-state index in [-0.39, 0.29) is 18.0 Å². The van der Waals surface area contributed by atoms with E-state index in [9.17, 15) is 23.5 Å². The number of aliphatic carboxylic acids is 1. The minimum absolute atomic E-state index is 0.0521. The first-order chi connectivity index (χ1) is 12.0. The van der Waals surface area contributed by atoms with Gasteiger partial charge in [-0.05, 0) is 30.2 Å². The van der Waals surface area contributed by atoms with E-state index in [4.69, 9.17) is 0 Å². The zero-order valence-electron chi connectivity index (χ0n) is 13.2. The number of amides is 1. The van der Waals surface area contributed by atoms with Crippen molar-refractivity contribution in [1.29, 1.82) is 0 Å². The first-order valence-electron chi connectivity index (χ1n) is 8.06. The van der Waals surface area contributed by atoms with E-state index in [0.29, 0.717) is 17.7 Å². The molecule has 1 heterocycles. The van der Waals surface area contributed by atoms with Gasteiger partial charge in [0.1, 0.15) is 17.6 Å². The van der Waals surface area contributed by atoms with Gasteiger partial charge in [-0.15, -0.1) is 0 Å². The van der Waals surface area contributed by atoms with Crippen LogP contribution in [0, 0.1) is 17.6 Å². The second kappa shape index (κ2) is 5.65. The molecule has 4 nitrogen and oxygen atoms in total. The van der Waals surface area contributed by atoms with Crippen molar-refractivity contribution in [3.05, 3.63) is 65.2 Å². The number of nitrogens with zero attached hydrogens (tertiary/aromatic N) is 1. The molecule has 2 aromatic carbocycles. The number of para-hydroxylation sites is 1. The highest BCUT2D eigenvalue weighted by Gasteiger charge is 2.50. The van der Waals surface area contributed by atoms with Crippen molar-refractivity contribution in [3.63, 3.8) is 0 Å². The summed E-state index contributed by atoms with van der Waals surface area (Å²) < 4.78 is 27.8. The number of hydrogen-bond acceptors (Lipinski definition) is 2. The lowest BCUT2D eigenvalue weighted by Crippen LogP contribution is -2.32. The number of carbonyl (C=O) groups excluding carboxylic acids is 1. The maximum atomic E-state index is 13.9. The van der Waals surface area contributed by atoms with Crippen molar-refractivity contribution in [2.45, 2.75) is 18.3 Å². The van der Waals surface area contributed by atoms with Gasteiger partial charge in [0.25, 0.3) is 0 Å². The summed E-state index contributed by atoms with van der Waals surface area (Å²) in [6.45, 7) is 0.0521. The van der Waals surface area contributed by atoms with Crippen LogP contribution in [-0.4, -0.2) is 23.5 Å². The molecule has 2 aromatic rings. The SMILES string of the molecule is O=C(O)[C@@H]1CN(C(=O)[C@H]2C[C@H]2c2c(F)cccc2F)c2ccccc21. The van der Waals surface area contributed by atoms with E-state index in [2.05, 4.69) is 0 Å². The highest BCUT2D eigenvalue weighted by atomic mass is 19.1. The predicted octanol–water partition coefficient (Wildman–Crippen LogP) is 3.28. The molecule has 0 aromatic heterocycles. The van der Waals surface area contributed by atoms with Crippen LogP contribution < -0.4 is 4.90 Å². The van der Waals surface area contributed by atoms with Gasteiger partial charge in [-0.25, -0.2) is 8.78 Å². The zero-order chi connectivity index (χ0) is 17.7. The van der Waals surface area contributed by atoms with Crippen molar-refractivity contribution in [2.24, 2.45) is 5.92 Å². The summed E-state index contributed by atoms with van der Waals surface area (Å²) in [5.74, 6) is -4.35. The Kier molecular flexibility index (Phi) is 3.56. The zero-order valence-corrected chi connectivity index (χ0v) is 13.2. The normalized spacial score (nSPS) is 24.1. The number of halogens is 2. The average Bonchev–Trinajstić information content (AvgIpc) is 3.26. The van der Waals surface area contributed by atoms with Gasteiger partial charge in [-0.2, -0.15) is 0 Å². The minimum atomic E-state index is -0.991. The Morgan fingerprint density at radius 2 is 1.72 bits per heavy atom. The number of rotatable bonds is 3. The Morgan fingerprint density at radius 3 is 2.40 bits per heavy atom. The van der Waals surface area contributed by atoms with Gasteiger partial charge in [0, 0.05) is 29.6 Å². The van der Waals surface area contributed by atoms with Gasteiger partial charge in [0.2, 0.25) is 5.91 Å². The third-order valence-corrected chi connectivity index (χ3v) is 5.01. The number of anilines is 1. The number of carboxylic acid groups (broad SMARTS) is 1. The summed E-state index contributed by atoms with van der Waals surface area (Å²) in [7, 11) is 0. The standard InChI is InChI=1S/C19H15F2NO3/c20-14-5-3-6-15(21)17(14)11-8-12(11)18(23)22-9-13(19(24)25)10-4-1-2-7-16(10)22/h1-7,11-13H,8-9H2,(H,24,25)/t11-,12+,13-/m1/s1. The third-order valence-electron chi connectivity index (χ3n) is 5.01. The molecule has 3 atom stereocenters. The highest BCUT2D eigenvalue weighted by Crippen LogP contribution is 2.51. The molecule has 0 radical (unpaired) electrons. The molecule has 6 heteroatoms. The molecule has 25 heavy (non-hydrogen) atoms. The molecule has 0 spiro atoms. The van der Waals surface area contributed by atoms with E-state index in [1.54, 1.807) is 24.3 Å². The first-order valence-corrected chi connectivity index (χ1v) is 8.06. The van der Waals surface area contributed by atoms with E-state index >= 15 is 0 Å². The third kappa shape index (κ3) is 2.49. The molecular weight excluding hydrogens is 328 g/mol. The Morgan fingerprint density at radius 1 is 1.04 bits per heavy atom. The summed E-state index contributed by atoms with van der Waals surface area (Å²) in [5.41, 5.74) is 1.11. The monoisotopic (exact) mass is 343 g/mol. The van der Waals surface area contributed by atoms with E-state index in [0.717, 1.165) is 0 Å². The van der Waals surface area contributed by atoms with Crippen molar-refractivity contribution < 1.29 is 23.5 Å². The van der Waals surface area contributed by atoms with E-state index < -0.39 is 35.4 Å². The summed E-state index contributed by atoms with van der Waals surface area (Å²) in [6, 6.07) is 10.5. The van der Waals surface area contributed by atoms with Gasteiger partial charge in [-0.3, -0.25) is 9.59 Å². The van der Waals surface area contributed by atoms with Crippen LogP contribution in [0.25, 0.3) is 0 Å². The molecule has 1 aliphatic carbocycles. The molecule has 1 aliphatic heterocycles. The van der Waals surface area contributed by atoms with Crippen LogP contribution in [0.5, 0.6) is 0 Å². The summed E-state index contributed by atoms with van der Waals surface area (Å²) in [5, 5.41) is 9.38. The lowest BCUT2D eigenvalue weighted by molar-refractivity contribution is -0.138. The molecule has 0 bridgehead atoms. The quantitative estimate of drug-likeness (QED) is 0.930. The molecular formula is C19H15F2NO3. The van der Waals surface area contributed by atoms with Crippen molar-refractivity contribution in [1.82, 2.24) is 0 Å². The minimum Gasteiger partial charge on any atom is -0.481 e. The lowest BCUT2D eigenvalue weighted by Gasteiger charge is -2.17. The van der Waals surface area contributed by atoms with Crippen molar-refractivity contribution >= 4 is 17.6 Å². The molecule has 1 N–H and O–H groups in total. The van der Waals surface area contributed by atoms with Crippen LogP contribution in [0.1, 0.15) is 29.4 Å². The van der Waals surface area contributed by atoms with Crippen molar-refractivity contribution in [2.75, 3.05) is 11.4 Å². The smallest absolute Gasteiger partial charge is 0.312 e. The summed E-state index contributed by atoms with van der Waals surface area (Å²) >= 11 is 0. The highest BCUT2D eigenvalue weighted by molar-refractivity contribution is 6.01. The first kappa shape index (κ1) is 15.7. The molecule has 0 saturated heterocycles. The number of carboxylic acids is 1. The molecule has 2 aliphatic rings. The van der Waals surface area contributed by atoms with E-state index in [1.807, 2.05) is 0 Å². The molecule has 1 fully saturated rings. The second-order valence-corrected chi connectivity index (χ2v) is 6.48. The van der Waals surface area contributed by atoms with Gasteiger partial charge in [-0.1, -0.05) is 24.3 Å². The number of fused-ring (bicyclic) bond motifs is 1. The lowest BCUT2D eigenvalue weighted by atomic mass is 10.0. The molecule has 128 valence electrons. The maximum absolute atomic E-state index is 13.9. The molecule has 0 unspecified atom stereocenters. The average molecular weight is 343 g/mol. The second-order valence-electron chi connectivity index (χ2n) is 6.48. The van der Waals surface area contributed by atoms with E-state index in [1.165, 1.54) is 23.1 Å². The van der Waals surface area contributed by atoms with Gasteiger partial charge < -0.3 is 10.0 Å². The van der Waals surface area contributed by atoms with Crippen LogP contribution in [0.2, 0.25) is 0 Å². The van der Waals surface area contributed by atoms with Crippen LogP contribution >= 0.6 is 0 Å². The van der Waals surface area contributed by atoms with Crippen LogP contribution in [0.15, 0.2) is 42.5 Å². The van der Waals surface area contributed by atoms with Gasteiger partial charge in [0.05, 0.1) is 0 Å². The summed E-state index contributed by atoms with van der Waals surface area (Å²) in [4.78, 5) is 25.7. The molecule has 1 saturated carbocycles. The van der Waals surface area contributed by atoms with Gasteiger partial charge >= 0.3 is 5.97 Å².